The molecule has 1 saturated heterocycles. The van der Waals surface area contributed by atoms with Crippen LogP contribution in [0.5, 0.6) is 5.75 Å². The lowest BCUT2D eigenvalue weighted by molar-refractivity contribution is -0.148. The summed E-state index contributed by atoms with van der Waals surface area (Å²) >= 11 is 0. The molecule has 2 aromatic rings. The quantitative estimate of drug-likeness (QED) is 0.865. The number of methoxy groups -OCH3 is 1. The first-order chi connectivity index (χ1) is 12.1. The standard InChI is InChI=1S/C18H20N2O5/c1-24-13-6-4-12(5-7-13)15-11-19-16(25-15)8-9-17(21)20-10-2-3-14(20)18(22)23/h4-7,11,14H,2-3,8-10H2,1H3,(H,22,23)/t14-/m1/s1. The Labute approximate surface area is 145 Å². The molecule has 3 rings (SSSR count). The Kier molecular flexibility index (Phi) is 5.02. The summed E-state index contributed by atoms with van der Waals surface area (Å²) in [6, 6.07) is 6.71. The molecule has 1 amide bonds. The van der Waals surface area contributed by atoms with Crippen LogP contribution in [-0.4, -0.2) is 46.6 Å². The number of carboxylic acid groups (broad SMARTS) is 1. The maximum atomic E-state index is 12.3. The summed E-state index contributed by atoms with van der Waals surface area (Å²) in [5.41, 5.74) is 0.872. The fraction of sp³-hybridized carbons (Fsp3) is 0.389. The normalized spacial score (nSPS) is 16.8. The molecule has 2 heterocycles. The third-order valence-electron chi connectivity index (χ3n) is 4.34. The van der Waals surface area contributed by atoms with Crippen LogP contribution in [0.15, 0.2) is 34.9 Å². The Morgan fingerprint density at radius 2 is 2.12 bits per heavy atom. The summed E-state index contributed by atoms with van der Waals surface area (Å²) in [5.74, 6) is 0.727. The van der Waals surface area contributed by atoms with E-state index in [9.17, 15) is 9.59 Å². The Morgan fingerprint density at radius 1 is 1.36 bits per heavy atom. The van der Waals surface area contributed by atoms with Gasteiger partial charge in [0.2, 0.25) is 5.91 Å². The number of hydrogen-bond acceptors (Lipinski definition) is 5. The Hall–Kier alpha value is -2.83. The average molecular weight is 344 g/mol. The summed E-state index contributed by atoms with van der Waals surface area (Å²) in [5, 5.41) is 9.15. The fourth-order valence-corrected chi connectivity index (χ4v) is 2.99. The van der Waals surface area contributed by atoms with Crippen molar-refractivity contribution >= 4 is 11.9 Å². The van der Waals surface area contributed by atoms with Crippen molar-refractivity contribution in [3.8, 4) is 17.1 Å². The van der Waals surface area contributed by atoms with Crippen LogP contribution in [-0.2, 0) is 16.0 Å². The summed E-state index contributed by atoms with van der Waals surface area (Å²) in [6.45, 7) is 0.498. The largest absolute Gasteiger partial charge is 0.497 e. The van der Waals surface area contributed by atoms with Crippen LogP contribution in [0.4, 0.5) is 0 Å². The lowest BCUT2D eigenvalue weighted by Gasteiger charge is -2.20. The van der Waals surface area contributed by atoms with Gasteiger partial charge >= 0.3 is 5.97 Å². The second kappa shape index (κ2) is 7.38. The van der Waals surface area contributed by atoms with Crippen LogP contribution in [0.2, 0.25) is 0 Å². The number of carboxylic acids is 1. The zero-order chi connectivity index (χ0) is 17.8. The molecule has 0 unspecified atom stereocenters. The average Bonchev–Trinajstić information content (AvgIpc) is 3.29. The van der Waals surface area contributed by atoms with Crippen LogP contribution in [0.3, 0.4) is 0 Å². The van der Waals surface area contributed by atoms with E-state index in [0.29, 0.717) is 31.0 Å². The van der Waals surface area contributed by atoms with Gasteiger partial charge in [0.1, 0.15) is 11.8 Å². The van der Waals surface area contributed by atoms with Crippen LogP contribution in [0.25, 0.3) is 11.3 Å². The Morgan fingerprint density at radius 3 is 2.80 bits per heavy atom. The van der Waals surface area contributed by atoms with Crippen molar-refractivity contribution < 1.29 is 23.8 Å². The van der Waals surface area contributed by atoms with E-state index >= 15 is 0 Å². The van der Waals surface area contributed by atoms with E-state index in [0.717, 1.165) is 17.7 Å². The fourth-order valence-electron chi connectivity index (χ4n) is 2.99. The Balaban J connectivity index is 1.59. The molecule has 0 radical (unpaired) electrons. The third-order valence-corrected chi connectivity index (χ3v) is 4.34. The highest BCUT2D eigenvalue weighted by Gasteiger charge is 2.33. The minimum absolute atomic E-state index is 0.172. The molecule has 25 heavy (non-hydrogen) atoms. The minimum atomic E-state index is -0.941. The van der Waals surface area contributed by atoms with Gasteiger partial charge in [-0.1, -0.05) is 0 Å². The number of hydrogen-bond donors (Lipinski definition) is 1. The van der Waals surface area contributed by atoms with E-state index in [1.807, 2.05) is 24.3 Å². The van der Waals surface area contributed by atoms with E-state index in [1.165, 1.54) is 4.90 Å². The molecule has 7 heteroatoms. The number of amides is 1. The predicted octanol–water partition coefficient (Wildman–Crippen LogP) is 2.36. The van der Waals surface area contributed by atoms with Crippen molar-refractivity contribution in [2.24, 2.45) is 0 Å². The lowest BCUT2D eigenvalue weighted by Crippen LogP contribution is -2.40. The zero-order valence-electron chi connectivity index (χ0n) is 14.0. The number of carbonyl (C=O) groups excluding carboxylic acids is 1. The highest BCUT2D eigenvalue weighted by Crippen LogP contribution is 2.24. The van der Waals surface area contributed by atoms with Gasteiger partial charge < -0.3 is 19.2 Å². The van der Waals surface area contributed by atoms with Crippen molar-refractivity contribution in [1.29, 1.82) is 0 Å². The molecule has 1 aliphatic heterocycles. The van der Waals surface area contributed by atoms with E-state index in [1.54, 1.807) is 13.3 Å². The Bertz CT molecular complexity index is 753. The van der Waals surface area contributed by atoms with E-state index in [2.05, 4.69) is 4.98 Å². The molecule has 1 N–H and O–H groups in total. The highest BCUT2D eigenvalue weighted by molar-refractivity contribution is 5.84. The summed E-state index contributed by atoms with van der Waals surface area (Å²) < 4.78 is 10.8. The van der Waals surface area contributed by atoms with Crippen LogP contribution >= 0.6 is 0 Å². The number of benzene rings is 1. The first-order valence-electron chi connectivity index (χ1n) is 8.20. The van der Waals surface area contributed by atoms with Gasteiger partial charge in [0, 0.05) is 24.9 Å². The minimum Gasteiger partial charge on any atom is -0.497 e. The molecule has 0 aliphatic carbocycles. The van der Waals surface area contributed by atoms with Crippen LogP contribution in [0.1, 0.15) is 25.2 Å². The number of likely N-dealkylation sites (tertiary alicyclic amines) is 1. The molecule has 1 atom stereocenters. The second-order valence-corrected chi connectivity index (χ2v) is 5.93. The number of nitrogens with zero attached hydrogens (tertiary/aromatic N) is 2. The molecule has 1 fully saturated rings. The highest BCUT2D eigenvalue weighted by atomic mass is 16.5. The van der Waals surface area contributed by atoms with E-state index < -0.39 is 12.0 Å². The number of oxazole rings is 1. The summed E-state index contributed by atoms with van der Waals surface area (Å²) in [7, 11) is 1.61. The van der Waals surface area contributed by atoms with Gasteiger partial charge in [-0.25, -0.2) is 9.78 Å². The molecule has 0 saturated carbocycles. The number of rotatable bonds is 6. The van der Waals surface area contributed by atoms with E-state index in [4.69, 9.17) is 14.3 Å². The molecular weight excluding hydrogens is 324 g/mol. The molecule has 0 spiro atoms. The van der Waals surface area contributed by atoms with Crippen LogP contribution in [0, 0.1) is 0 Å². The first kappa shape index (κ1) is 17.0. The molecule has 1 aliphatic rings. The third kappa shape index (κ3) is 3.81. The second-order valence-electron chi connectivity index (χ2n) is 5.93. The monoisotopic (exact) mass is 344 g/mol. The molecule has 7 nitrogen and oxygen atoms in total. The molecule has 1 aromatic heterocycles. The maximum Gasteiger partial charge on any atom is 0.326 e. The van der Waals surface area contributed by atoms with Crippen molar-refractivity contribution in [3.63, 3.8) is 0 Å². The van der Waals surface area contributed by atoms with Gasteiger partial charge in [-0.3, -0.25) is 4.79 Å². The van der Waals surface area contributed by atoms with Crippen molar-refractivity contribution in [2.45, 2.75) is 31.7 Å². The number of carbonyl (C=O) groups is 2. The summed E-state index contributed by atoms with van der Waals surface area (Å²) in [6.07, 6.45) is 3.40. The topological polar surface area (TPSA) is 92.9 Å². The summed E-state index contributed by atoms with van der Waals surface area (Å²) in [4.78, 5) is 29.1. The number of aryl methyl sites for hydroxylation is 1. The van der Waals surface area contributed by atoms with Gasteiger partial charge in [-0.05, 0) is 37.1 Å². The number of aliphatic carboxylic acids is 1. The maximum absolute atomic E-state index is 12.3. The van der Waals surface area contributed by atoms with Crippen molar-refractivity contribution in [1.82, 2.24) is 9.88 Å². The lowest BCUT2D eigenvalue weighted by atomic mass is 10.2. The smallest absolute Gasteiger partial charge is 0.326 e. The van der Waals surface area contributed by atoms with E-state index in [-0.39, 0.29) is 12.3 Å². The van der Waals surface area contributed by atoms with Crippen molar-refractivity contribution in [3.05, 3.63) is 36.4 Å². The number of ether oxygens (including phenoxy) is 1. The molecule has 132 valence electrons. The van der Waals surface area contributed by atoms with Gasteiger partial charge in [-0.15, -0.1) is 0 Å². The molecule has 0 bridgehead atoms. The number of aromatic nitrogens is 1. The first-order valence-corrected chi connectivity index (χ1v) is 8.20. The SMILES string of the molecule is COc1ccc(-c2cnc(CCC(=O)N3CCC[C@@H]3C(=O)O)o2)cc1. The van der Waals surface area contributed by atoms with Gasteiger partial charge in [0.15, 0.2) is 11.7 Å². The zero-order valence-corrected chi connectivity index (χ0v) is 14.0. The van der Waals surface area contributed by atoms with Gasteiger partial charge in [0.05, 0.1) is 13.3 Å². The van der Waals surface area contributed by atoms with Gasteiger partial charge in [0.25, 0.3) is 0 Å². The predicted molar refractivity (Wildman–Crippen MR) is 89.2 cm³/mol. The van der Waals surface area contributed by atoms with Gasteiger partial charge in [-0.2, -0.15) is 0 Å². The van der Waals surface area contributed by atoms with Crippen LogP contribution < -0.4 is 4.74 Å². The van der Waals surface area contributed by atoms with Crippen molar-refractivity contribution in [2.75, 3.05) is 13.7 Å². The molecular formula is C18H20N2O5. The molecule has 1 aromatic carbocycles.